The summed E-state index contributed by atoms with van der Waals surface area (Å²) in [6.07, 6.45) is -2.54. The lowest BCUT2D eigenvalue weighted by atomic mass is 10.1. The minimum atomic E-state index is -2.54. The Labute approximate surface area is 74.6 Å². The first kappa shape index (κ1) is 10.1. The molecule has 0 amide bonds. The molecule has 0 bridgehead atoms. The van der Waals surface area contributed by atoms with Gasteiger partial charge in [-0.25, -0.2) is 13.2 Å². The molecule has 1 aromatic rings. The van der Waals surface area contributed by atoms with Crippen LogP contribution in [0.3, 0.4) is 0 Å². The average Bonchev–Trinajstić information content (AvgIpc) is 2.04. The van der Waals surface area contributed by atoms with E-state index in [1.807, 2.05) is 0 Å². The summed E-state index contributed by atoms with van der Waals surface area (Å²) in [6, 6.07) is 4.11. The summed E-state index contributed by atoms with van der Waals surface area (Å²) in [4.78, 5) is 0. The van der Waals surface area contributed by atoms with Crippen molar-refractivity contribution >= 4 is 0 Å². The van der Waals surface area contributed by atoms with E-state index in [2.05, 4.69) is 5.32 Å². The number of benzene rings is 1. The second kappa shape index (κ2) is 4.28. The SMILES string of the molecule is CNC(c1cccc(F)c1)C(F)F. The van der Waals surface area contributed by atoms with E-state index in [-0.39, 0.29) is 5.56 Å². The number of halogens is 3. The van der Waals surface area contributed by atoms with Crippen LogP contribution in [0.15, 0.2) is 24.3 Å². The number of rotatable bonds is 3. The van der Waals surface area contributed by atoms with Gasteiger partial charge >= 0.3 is 0 Å². The van der Waals surface area contributed by atoms with Gasteiger partial charge in [0.15, 0.2) is 0 Å². The number of nitrogens with one attached hydrogen (secondary N) is 1. The molecule has 0 aromatic heterocycles. The first-order valence-corrected chi connectivity index (χ1v) is 3.86. The molecule has 1 atom stereocenters. The van der Waals surface area contributed by atoms with Crippen LogP contribution in [0, 0.1) is 5.82 Å². The van der Waals surface area contributed by atoms with E-state index in [1.165, 1.54) is 25.2 Å². The molecule has 0 heterocycles. The molecule has 1 aromatic carbocycles. The molecule has 1 nitrogen and oxygen atoms in total. The number of hydrogen-bond donors (Lipinski definition) is 1. The second-order valence-corrected chi connectivity index (χ2v) is 2.66. The number of alkyl halides is 2. The van der Waals surface area contributed by atoms with Crippen LogP contribution >= 0.6 is 0 Å². The van der Waals surface area contributed by atoms with Crippen molar-refractivity contribution in [1.29, 1.82) is 0 Å². The zero-order valence-electron chi connectivity index (χ0n) is 7.10. The Morgan fingerprint density at radius 2 is 2.00 bits per heavy atom. The smallest absolute Gasteiger partial charge is 0.257 e. The third kappa shape index (κ3) is 2.45. The van der Waals surface area contributed by atoms with Gasteiger partial charge in [-0.1, -0.05) is 12.1 Å². The molecule has 0 saturated carbocycles. The van der Waals surface area contributed by atoms with Crippen molar-refractivity contribution < 1.29 is 13.2 Å². The van der Waals surface area contributed by atoms with E-state index in [1.54, 1.807) is 0 Å². The van der Waals surface area contributed by atoms with Crippen LogP contribution in [0.2, 0.25) is 0 Å². The second-order valence-electron chi connectivity index (χ2n) is 2.66. The molecule has 72 valence electrons. The van der Waals surface area contributed by atoms with Gasteiger partial charge in [0.05, 0.1) is 6.04 Å². The first-order valence-electron chi connectivity index (χ1n) is 3.86. The van der Waals surface area contributed by atoms with Gasteiger partial charge in [-0.05, 0) is 24.7 Å². The van der Waals surface area contributed by atoms with Gasteiger partial charge < -0.3 is 5.32 Å². The molecule has 0 aliphatic carbocycles. The molecule has 13 heavy (non-hydrogen) atoms. The quantitative estimate of drug-likeness (QED) is 0.769. The zero-order valence-corrected chi connectivity index (χ0v) is 7.10. The Hall–Kier alpha value is -1.03. The predicted octanol–water partition coefficient (Wildman–Crippen LogP) is 2.35. The maximum absolute atomic E-state index is 12.7. The van der Waals surface area contributed by atoms with E-state index in [4.69, 9.17) is 0 Å². The Bertz CT molecular complexity index is 275. The molecule has 1 unspecified atom stereocenters. The van der Waals surface area contributed by atoms with Crippen molar-refractivity contribution in [2.45, 2.75) is 12.5 Å². The van der Waals surface area contributed by atoms with Crippen LogP contribution in [0.5, 0.6) is 0 Å². The summed E-state index contributed by atoms with van der Waals surface area (Å²) in [5.41, 5.74) is 0.262. The van der Waals surface area contributed by atoms with Gasteiger partial charge in [0, 0.05) is 0 Å². The first-order chi connectivity index (χ1) is 6.15. The van der Waals surface area contributed by atoms with E-state index >= 15 is 0 Å². The summed E-state index contributed by atoms with van der Waals surface area (Å²) in [5, 5.41) is 2.43. The predicted molar refractivity (Wildman–Crippen MR) is 44.2 cm³/mol. The summed E-state index contributed by atoms with van der Waals surface area (Å²) in [5.74, 6) is -0.501. The third-order valence-corrected chi connectivity index (χ3v) is 1.77. The summed E-state index contributed by atoms with van der Waals surface area (Å²) >= 11 is 0. The van der Waals surface area contributed by atoms with Crippen molar-refractivity contribution in [1.82, 2.24) is 5.32 Å². The monoisotopic (exact) mass is 189 g/mol. The molecular weight excluding hydrogens is 179 g/mol. The molecule has 0 aliphatic heterocycles. The summed E-state index contributed by atoms with van der Waals surface area (Å²) in [6.45, 7) is 0. The lowest BCUT2D eigenvalue weighted by molar-refractivity contribution is 0.102. The lowest BCUT2D eigenvalue weighted by Gasteiger charge is -2.14. The summed E-state index contributed by atoms with van der Waals surface area (Å²) < 4.78 is 37.3. The third-order valence-electron chi connectivity index (χ3n) is 1.77. The molecule has 0 radical (unpaired) electrons. The molecule has 0 spiro atoms. The van der Waals surface area contributed by atoms with Gasteiger partial charge in [-0.15, -0.1) is 0 Å². The lowest BCUT2D eigenvalue weighted by Crippen LogP contribution is -2.23. The molecule has 0 aliphatic rings. The topological polar surface area (TPSA) is 12.0 Å². The van der Waals surface area contributed by atoms with Crippen LogP contribution in [0.1, 0.15) is 11.6 Å². The van der Waals surface area contributed by atoms with Crippen molar-refractivity contribution in [3.8, 4) is 0 Å². The average molecular weight is 189 g/mol. The van der Waals surface area contributed by atoms with Gasteiger partial charge in [-0.2, -0.15) is 0 Å². The zero-order chi connectivity index (χ0) is 9.84. The Morgan fingerprint density at radius 1 is 1.31 bits per heavy atom. The van der Waals surface area contributed by atoms with E-state index < -0.39 is 18.3 Å². The largest absolute Gasteiger partial charge is 0.308 e. The molecule has 1 rings (SSSR count). The highest BCUT2D eigenvalue weighted by atomic mass is 19.3. The highest BCUT2D eigenvalue weighted by Crippen LogP contribution is 2.20. The van der Waals surface area contributed by atoms with E-state index in [0.717, 1.165) is 6.07 Å². The highest BCUT2D eigenvalue weighted by molar-refractivity contribution is 5.20. The van der Waals surface area contributed by atoms with Crippen LogP contribution in [-0.4, -0.2) is 13.5 Å². The van der Waals surface area contributed by atoms with Crippen LogP contribution in [-0.2, 0) is 0 Å². The Kier molecular flexibility index (Phi) is 3.31. The molecular formula is C9H10F3N. The molecule has 1 N–H and O–H groups in total. The van der Waals surface area contributed by atoms with E-state index in [0.29, 0.717) is 0 Å². The van der Waals surface area contributed by atoms with Crippen molar-refractivity contribution in [3.63, 3.8) is 0 Å². The molecule has 0 saturated heterocycles. The maximum atomic E-state index is 12.7. The fraction of sp³-hybridized carbons (Fsp3) is 0.333. The highest BCUT2D eigenvalue weighted by Gasteiger charge is 2.20. The van der Waals surface area contributed by atoms with Crippen LogP contribution < -0.4 is 5.32 Å². The van der Waals surface area contributed by atoms with Crippen LogP contribution in [0.4, 0.5) is 13.2 Å². The normalized spacial score (nSPS) is 13.3. The van der Waals surface area contributed by atoms with E-state index in [9.17, 15) is 13.2 Å². The number of hydrogen-bond acceptors (Lipinski definition) is 1. The van der Waals surface area contributed by atoms with Crippen molar-refractivity contribution in [2.75, 3.05) is 7.05 Å². The molecule has 4 heteroatoms. The van der Waals surface area contributed by atoms with Gasteiger partial charge in [0.1, 0.15) is 5.82 Å². The van der Waals surface area contributed by atoms with Crippen molar-refractivity contribution in [2.24, 2.45) is 0 Å². The van der Waals surface area contributed by atoms with Gasteiger partial charge in [0.2, 0.25) is 0 Å². The van der Waals surface area contributed by atoms with Gasteiger partial charge in [-0.3, -0.25) is 0 Å². The fourth-order valence-electron chi connectivity index (χ4n) is 1.14. The standard InChI is InChI=1S/C9H10F3N/c1-13-8(9(11)12)6-3-2-4-7(10)5-6/h2-5,8-9,13H,1H3. The van der Waals surface area contributed by atoms with Gasteiger partial charge in [0.25, 0.3) is 6.43 Å². The molecule has 0 fully saturated rings. The fourth-order valence-corrected chi connectivity index (χ4v) is 1.14. The minimum absolute atomic E-state index is 0.262. The summed E-state index contributed by atoms with van der Waals surface area (Å²) in [7, 11) is 1.42. The van der Waals surface area contributed by atoms with Crippen molar-refractivity contribution in [3.05, 3.63) is 35.6 Å². The van der Waals surface area contributed by atoms with Crippen LogP contribution in [0.25, 0.3) is 0 Å². The Balaban J connectivity index is 2.91. The minimum Gasteiger partial charge on any atom is -0.308 e. The Morgan fingerprint density at radius 3 is 2.46 bits per heavy atom. The maximum Gasteiger partial charge on any atom is 0.257 e.